The SMILES string of the molecule is CC(C)CC(NC(=O)C(CS)NC(=O)C(N)CO)C(=O)NC(Cc1cnc[nH]1)C(=O)O. The van der Waals surface area contributed by atoms with Crippen molar-refractivity contribution in [3.05, 3.63) is 18.2 Å². The molecule has 0 radical (unpaired) electrons. The summed E-state index contributed by atoms with van der Waals surface area (Å²) in [6.07, 6.45) is 3.06. The number of H-pyrrole nitrogens is 1. The smallest absolute Gasteiger partial charge is 0.326 e. The van der Waals surface area contributed by atoms with Crippen LogP contribution >= 0.6 is 12.6 Å². The van der Waals surface area contributed by atoms with Crippen molar-refractivity contribution in [1.29, 1.82) is 0 Å². The molecular formula is C18H30N6O6S. The van der Waals surface area contributed by atoms with Crippen LogP contribution in [0.2, 0.25) is 0 Å². The number of carboxylic acids is 1. The molecule has 0 bridgehead atoms. The van der Waals surface area contributed by atoms with E-state index in [1.807, 2.05) is 13.8 Å². The Balaban J connectivity index is 2.87. The van der Waals surface area contributed by atoms with Crippen molar-refractivity contribution < 1.29 is 29.4 Å². The Morgan fingerprint density at radius 1 is 1.10 bits per heavy atom. The van der Waals surface area contributed by atoms with Crippen molar-refractivity contribution >= 4 is 36.3 Å². The number of aliphatic hydroxyl groups excluding tert-OH is 1. The highest BCUT2D eigenvalue weighted by Crippen LogP contribution is 2.07. The fraction of sp³-hybridized carbons (Fsp3) is 0.611. The number of nitrogens with two attached hydrogens (primary N) is 1. The van der Waals surface area contributed by atoms with E-state index in [1.165, 1.54) is 12.5 Å². The van der Waals surface area contributed by atoms with Gasteiger partial charge in [0.05, 0.1) is 12.9 Å². The number of nitrogens with zero attached hydrogens (tertiary/aromatic N) is 1. The Morgan fingerprint density at radius 3 is 2.16 bits per heavy atom. The van der Waals surface area contributed by atoms with Gasteiger partial charge in [-0.3, -0.25) is 14.4 Å². The average molecular weight is 459 g/mol. The zero-order valence-electron chi connectivity index (χ0n) is 17.4. The van der Waals surface area contributed by atoms with Gasteiger partial charge >= 0.3 is 5.97 Å². The van der Waals surface area contributed by atoms with Crippen LogP contribution in [0.5, 0.6) is 0 Å². The van der Waals surface area contributed by atoms with Crippen LogP contribution in [0.4, 0.5) is 0 Å². The van der Waals surface area contributed by atoms with Gasteiger partial charge in [0.25, 0.3) is 0 Å². The van der Waals surface area contributed by atoms with Gasteiger partial charge < -0.3 is 36.9 Å². The van der Waals surface area contributed by atoms with E-state index in [1.54, 1.807) is 0 Å². The minimum Gasteiger partial charge on any atom is -0.480 e. The van der Waals surface area contributed by atoms with Crippen molar-refractivity contribution in [2.45, 2.75) is 50.9 Å². The molecule has 1 aromatic rings. The number of carbonyl (C=O) groups excluding carboxylic acids is 3. The van der Waals surface area contributed by atoms with E-state index < -0.39 is 54.5 Å². The van der Waals surface area contributed by atoms with E-state index in [-0.39, 0.29) is 24.5 Å². The summed E-state index contributed by atoms with van der Waals surface area (Å²) in [5.41, 5.74) is 5.95. The van der Waals surface area contributed by atoms with Gasteiger partial charge in [-0.25, -0.2) is 9.78 Å². The molecule has 12 nitrogen and oxygen atoms in total. The summed E-state index contributed by atoms with van der Waals surface area (Å²) < 4.78 is 0. The fourth-order valence-electron chi connectivity index (χ4n) is 2.62. The maximum atomic E-state index is 12.8. The zero-order valence-corrected chi connectivity index (χ0v) is 18.3. The number of thiol groups is 1. The number of aliphatic carboxylic acids is 1. The summed E-state index contributed by atoms with van der Waals surface area (Å²) in [6, 6.07) is -4.58. The first-order chi connectivity index (χ1) is 14.6. The molecule has 4 atom stereocenters. The van der Waals surface area contributed by atoms with Crippen LogP contribution in [0.15, 0.2) is 12.5 Å². The molecule has 174 valence electrons. The lowest BCUT2D eigenvalue weighted by molar-refractivity contribution is -0.142. The Bertz CT molecular complexity index is 744. The van der Waals surface area contributed by atoms with Crippen LogP contribution in [0.1, 0.15) is 26.0 Å². The van der Waals surface area contributed by atoms with Crippen LogP contribution < -0.4 is 21.7 Å². The first kappa shape index (κ1) is 26.4. The monoisotopic (exact) mass is 458 g/mol. The van der Waals surface area contributed by atoms with Crippen molar-refractivity contribution in [3.63, 3.8) is 0 Å². The molecule has 0 aromatic carbocycles. The van der Waals surface area contributed by atoms with Crippen LogP contribution in [0.25, 0.3) is 0 Å². The second-order valence-electron chi connectivity index (χ2n) is 7.40. The van der Waals surface area contributed by atoms with Gasteiger partial charge in [0, 0.05) is 24.1 Å². The molecule has 8 N–H and O–H groups in total. The van der Waals surface area contributed by atoms with Gasteiger partial charge in [0.2, 0.25) is 17.7 Å². The van der Waals surface area contributed by atoms with Gasteiger partial charge in [0.15, 0.2) is 0 Å². The molecule has 1 rings (SSSR count). The maximum Gasteiger partial charge on any atom is 0.326 e. The zero-order chi connectivity index (χ0) is 23.6. The molecule has 0 saturated carbocycles. The number of hydrogen-bond acceptors (Lipinski definition) is 8. The Kier molecular flexibility index (Phi) is 11.0. The van der Waals surface area contributed by atoms with Gasteiger partial charge in [-0.1, -0.05) is 13.8 Å². The Hall–Kier alpha value is -2.64. The number of amides is 3. The van der Waals surface area contributed by atoms with E-state index in [0.29, 0.717) is 5.69 Å². The molecule has 0 fully saturated rings. The molecular weight excluding hydrogens is 428 g/mol. The fourth-order valence-corrected chi connectivity index (χ4v) is 2.88. The number of imidazole rings is 1. The van der Waals surface area contributed by atoms with Gasteiger partial charge in [-0.15, -0.1) is 0 Å². The topological polar surface area (TPSA) is 200 Å². The van der Waals surface area contributed by atoms with E-state index in [2.05, 4.69) is 38.5 Å². The van der Waals surface area contributed by atoms with Crippen LogP contribution in [0, 0.1) is 5.92 Å². The van der Waals surface area contributed by atoms with E-state index >= 15 is 0 Å². The molecule has 31 heavy (non-hydrogen) atoms. The predicted molar refractivity (Wildman–Crippen MR) is 114 cm³/mol. The highest BCUT2D eigenvalue weighted by atomic mass is 32.1. The van der Waals surface area contributed by atoms with Crippen LogP contribution in [-0.2, 0) is 25.6 Å². The largest absolute Gasteiger partial charge is 0.480 e. The van der Waals surface area contributed by atoms with Crippen molar-refractivity contribution in [2.24, 2.45) is 11.7 Å². The van der Waals surface area contributed by atoms with Crippen molar-refractivity contribution in [2.75, 3.05) is 12.4 Å². The quantitative estimate of drug-likeness (QED) is 0.152. The first-order valence-corrected chi connectivity index (χ1v) is 10.3. The molecule has 1 aromatic heterocycles. The lowest BCUT2D eigenvalue weighted by Gasteiger charge is -2.25. The van der Waals surface area contributed by atoms with Crippen LogP contribution in [-0.4, -0.2) is 80.4 Å². The van der Waals surface area contributed by atoms with E-state index in [9.17, 15) is 24.3 Å². The third kappa shape index (κ3) is 8.94. The van der Waals surface area contributed by atoms with Gasteiger partial charge in [-0.05, 0) is 12.3 Å². The molecule has 0 aliphatic heterocycles. The molecule has 13 heteroatoms. The van der Waals surface area contributed by atoms with Gasteiger partial charge in [0.1, 0.15) is 24.2 Å². The number of carboxylic acid groups (broad SMARTS) is 1. The molecule has 0 aliphatic carbocycles. The average Bonchev–Trinajstić information content (AvgIpc) is 3.22. The van der Waals surface area contributed by atoms with E-state index in [4.69, 9.17) is 10.8 Å². The number of aromatic amines is 1. The second kappa shape index (κ2) is 12.9. The lowest BCUT2D eigenvalue weighted by Crippen LogP contribution is -2.58. The van der Waals surface area contributed by atoms with E-state index in [0.717, 1.165) is 0 Å². The first-order valence-electron chi connectivity index (χ1n) is 9.67. The molecule has 3 amide bonds. The molecule has 0 aliphatic rings. The summed E-state index contributed by atoms with van der Waals surface area (Å²) in [7, 11) is 0. The highest BCUT2D eigenvalue weighted by Gasteiger charge is 2.30. The summed E-state index contributed by atoms with van der Waals surface area (Å²) in [5, 5.41) is 25.7. The molecule has 0 saturated heterocycles. The number of hydrogen-bond donors (Lipinski definition) is 8. The minimum atomic E-state index is -1.24. The number of carbonyl (C=O) groups is 4. The summed E-state index contributed by atoms with van der Waals surface area (Å²) in [5.74, 6) is -3.43. The van der Waals surface area contributed by atoms with Crippen LogP contribution in [0.3, 0.4) is 0 Å². The number of nitrogens with one attached hydrogen (secondary N) is 4. The standard InChI is InChI=1S/C18H30N6O6S/c1-9(2)3-12(22-17(28)14(7-31)24-15(26)11(19)6-25)16(27)23-13(18(29)30)4-10-5-20-8-21-10/h5,8-9,11-14,25,31H,3-4,6-7,19H2,1-2H3,(H,20,21)(H,22,28)(H,23,27)(H,24,26)(H,29,30). The summed E-state index contributed by atoms with van der Waals surface area (Å²) in [4.78, 5) is 55.4. The molecule has 1 heterocycles. The number of aliphatic hydroxyl groups is 1. The van der Waals surface area contributed by atoms with Crippen molar-refractivity contribution in [3.8, 4) is 0 Å². The highest BCUT2D eigenvalue weighted by molar-refractivity contribution is 7.80. The third-order valence-electron chi connectivity index (χ3n) is 4.28. The number of aromatic nitrogens is 2. The Morgan fingerprint density at radius 2 is 1.68 bits per heavy atom. The molecule has 4 unspecified atom stereocenters. The third-order valence-corrected chi connectivity index (χ3v) is 4.65. The summed E-state index contributed by atoms with van der Waals surface area (Å²) >= 11 is 4.04. The second-order valence-corrected chi connectivity index (χ2v) is 7.77. The molecule has 0 spiro atoms. The summed E-state index contributed by atoms with van der Waals surface area (Å²) in [6.45, 7) is 3.08. The lowest BCUT2D eigenvalue weighted by atomic mass is 10.0. The normalized spacial score (nSPS) is 14.9. The van der Waals surface area contributed by atoms with Crippen molar-refractivity contribution in [1.82, 2.24) is 25.9 Å². The van der Waals surface area contributed by atoms with Gasteiger partial charge in [-0.2, -0.15) is 12.6 Å². The number of rotatable bonds is 13. The Labute approximate surface area is 185 Å². The maximum absolute atomic E-state index is 12.8. The predicted octanol–water partition coefficient (Wildman–Crippen LogP) is -2.21. The minimum absolute atomic E-state index is 0.00112.